The maximum absolute atomic E-state index is 4.00. The summed E-state index contributed by atoms with van der Waals surface area (Å²) in [6, 6.07) is 0. The first-order valence-corrected chi connectivity index (χ1v) is 5.16. The highest BCUT2D eigenvalue weighted by Gasteiger charge is 1.36. The van der Waals surface area contributed by atoms with Crippen LogP contribution in [0.15, 0.2) is 0 Å². The van der Waals surface area contributed by atoms with Gasteiger partial charge in [-0.15, -0.1) is 12.8 Å². The van der Waals surface area contributed by atoms with Gasteiger partial charge >= 0.3 is 0 Å². The highest BCUT2D eigenvalue weighted by Crippen LogP contribution is 1.56. The van der Waals surface area contributed by atoms with Crippen LogP contribution in [-0.2, 0) is 0 Å². The van der Waals surface area contributed by atoms with Gasteiger partial charge in [-0.05, 0) is 0 Å². The molecule has 12 heavy (non-hydrogen) atoms. The molecular formula is C12H30. The van der Waals surface area contributed by atoms with Crippen LogP contribution in [0.1, 0.15) is 68.2 Å². The number of hydrogen-bond donors (Lipinski definition) is 0. The fourth-order valence-electron chi connectivity index (χ4n) is 0. The molecule has 0 fully saturated rings. The van der Waals surface area contributed by atoms with Gasteiger partial charge in [0.1, 0.15) is 0 Å². The maximum Gasteiger partial charge on any atom is -0.0590 e. The van der Waals surface area contributed by atoms with E-state index in [2.05, 4.69) is 40.5 Å². The van der Waals surface area contributed by atoms with Gasteiger partial charge in [0.25, 0.3) is 0 Å². The van der Waals surface area contributed by atoms with Crippen molar-refractivity contribution >= 4 is 0 Å². The SMILES string of the molecule is C#C.CC.CC.CCC.CCC. The van der Waals surface area contributed by atoms with Gasteiger partial charge in [0.05, 0.1) is 0 Å². The Labute approximate surface area is 81.8 Å². The van der Waals surface area contributed by atoms with Crippen molar-refractivity contribution < 1.29 is 0 Å². The van der Waals surface area contributed by atoms with E-state index < -0.39 is 0 Å². The third-order valence-electron chi connectivity index (χ3n) is 0. The first-order chi connectivity index (χ1) is 5.83. The molecule has 0 saturated carbocycles. The molecule has 0 atom stereocenters. The first kappa shape index (κ1) is 30.0. The van der Waals surface area contributed by atoms with Crippen LogP contribution in [0, 0.1) is 12.8 Å². The van der Waals surface area contributed by atoms with Crippen LogP contribution in [0.4, 0.5) is 0 Å². The molecule has 0 heteroatoms. The van der Waals surface area contributed by atoms with E-state index in [-0.39, 0.29) is 0 Å². The molecule has 0 unspecified atom stereocenters. The van der Waals surface area contributed by atoms with Crippen molar-refractivity contribution in [3.05, 3.63) is 0 Å². The standard InChI is InChI=1S/2C3H8.2C2H6.C2H2/c2*1-3-2;3*1-2/h2*3H2,1-2H3;2*1-2H3;1-2H. The number of terminal acetylenes is 1. The number of rotatable bonds is 0. The van der Waals surface area contributed by atoms with Gasteiger partial charge in [-0.3, -0.25) is 0 Å². The Kier molecular flexibility index (Phi) is 990. The second-order valence-corrected chi connectivity index (χ2v) is 1.41. The summed E-state index contributed by atoms with van der Waals surface area (Å²) in [6.07, 6.45) is 10.5. The molecule has 0 aromatic heterocycles. The molecule has 0 N–H and O–H groups in total. The Balaban J connectivity index is -0.0000000174. The summed E-state index contributed by atoms with van der Waals surface area (Å²) >= 11 is 0. The van der Waals surface area contributed by atoms with Crippen LogP contribution in [-0.4, -0.2) is 0 Å². The minimum Gasteiger partial charge on any atom is -0.124 e. The van der Waals surface area contributed by atoms with Gasteiger partial charge in [0.2, 0.25) is 0 Å². The summed E-state index contributed by atoms with van der Waals surface area (Å²) in [5, 5.41) is 0. The zero-order chi connectivity index (χ0) is 11.4. The molecule has 0 aliphatic heterocycles. The van der Waals surface area contributed by atoms with E-state index in [1.54, 1.807) is 0 Å². The average Bonchev–Trinajstić information content (AvgIpc) is 2.16. The quantitative estimate of drug-likeness (QED) is 0.446. The molecule has 78 valence electrons. The van der Waals surface area contributed by atoms with Crippen LogP contribution in [0.5, 0.6) is 0 Å². The van der Waals surface area contributed by atoms with Gasteiger partial charge in [-0.1, -0.05) is 68.2 Å². The van der Waals surface area contributed by atoms with Crippen LogP contribution in [0.3, 0.4) is 0 Å². The van der Waals surface area contributed by atoms with Gasteiger partial charge in [-0.2, -0.15) is 0 Å². The number of hydrogen-bond acceptors (Lipinski definition) is 0. The molecular weight excluding hydrogens is 144 g/mol. The molecule has 0 aromatic rings. The first-order valence-electron chi connectivity index (χ1n) is 5.16. The van der Waals surface area contributed by atoms with Crippen LogP contribution in [0.2, 0.25) is 0 Å². The van der Waals surface area contributed by atoms with Crippen molar-refractivity contribution in [3.63, 3.8) is 0 Å². The molecule has 0 aliphatic carbocycles. The fourth-order valence-corrected chi connectivity index (χ4v) is 0. The van der Waals surface area contributed by atoms with Gasteiger partial charge < -0.3 is 0 Å². The molecule has 0 saturated heterocycles. The smallest absolute Gasteiger partial charge is 0.0590 e. The molecule has 0 bridgehead atoms. The highest BCUT2D eigenvalue weighted by molar-refractivity contribution is 4.47. The van der Waals surface area contributed by atoms with E-state index in [0.29, 0.717) is 0 Å². The predicted molar refractivity (Wildman–Crippen MR) is 64.5 cm³/mol. The molecule has 0 nitrogen and oxygen atoms in total. The predicted octanol–water partition coefficient (Wildman–Crippen LogP) is 5.13. The monoisotopic (exact) mass is 174 g/mol. The second-order valence-electron chi connectivity index (χ2n) is 1.41. The maximum atomic E-state index is 4.00. The summed E-state index contributed by atoms with van der Waals surface area (Å²) in [6.45, 7) is 16.5. The Morgan fingerprint density at radius 3 is 0.583 bits per heavy atom. The Hall–Kier alpha value is -0.440. The molecule has 0 radical (unpaired) electrons. The van der Waals surface area contributed by atoms with Crippen molar-refractivity contribution in [2.24, 2.45) is 0 Å². The van der Waals surface area contributed by atoms with E-state index >= 15 is 0 Å². The lowest BCUT2D eigenvalue weighted by Gasteiger charge is -1.48. The Morgan fingerprint density at radius 1 is 0.583 bits per heavy atom. The molecule has 0 amide bonds. The van der Waals surface area contributed by atoms with Crippen molar-refractivity contribution in [2.75, 3.05) is 0 Å². The summed E-state index contributed by atoms with van der Waals surface area (Å²) in [5.74, 6) is 0. The third-order valence-corrected chi connectivity index (χ3v) is 0. The second kappa shape index (κ2) is 397. The summed E-state index contributed by atoms with van der Waals surface area (Å²) < 4.78 is 0. The average molecular weight is 174 g/mol. The van der Waals surface area contributed by atoms with Crippen LogP contribution >= 0.6 is 0 Å². The van der Waals surface area contributed by atoms with E-state index in [9.17, 15) is 0 Å². The zero-order valence-electron chi connectivity index (χ0n) is 10.6. The van der Waals surface area contributed by atoms with Gasteiger partial charge in [0, 0.05) is 0 Å². The lowest BCUT2D eigenvalue weighted by molar-refractivity contribution is 1.09. The van der Waals surface area contributed by atoms with Crippen LogP contribution in [0.25, 0.3) is 0 Å². The van der Waals surface area contributed by atoms with Gasteiger partial charge in [0.15, 0.2) is 0 Å². The minimum atomic E-state index is 1.25. The largest absolute Gasteiger partial charge is 0.124 e. The lowest BCUT2D eigenvalue weighted by atomic mass is 10.6. The van der Waals surface area contributed by atoms with Crippen LogP contribution < -0.4 is 0 Å². The van der Waals surface area contributed by atoms with Crippen molar-refractivity contribution in [1.82, 2.24) is 0 Å². The van der Waals surface area contributed by atoms with Crippen molar-refractivity contribution in [2.45, 2.75) is 68.2 Å². The summed E-state index contributed by atoms with van der Waals surface area (Å²) in [7, 11) is 0. The van der Waals surface area contributed by atoms with Gasteiger partial charge in [-0.25, -0.2) is 0 Å². The lowest BCUT2D eigenvalue weighted by Crippen LogP contribution is -1.27. The normalized spacial score (nSPS) is 4.17. The topological polar surface area (TPSA) is 0 Å². The summed E-state index contributed by atoms with van der Waals surface area (Å²) in [5.41, 5.74) is 0. The Morgan fingerprint density at radius 2 is 0.583 bits per heavy atom. The molecule has 0 aliphatic rings. The Bertz CT molecular complexity index is 16.5. The van der Waals surface area contributed by atoms with E-state index in [1.807, 2.05) is 27.7 Å². The molecule has 0 heterocycles. The van der Waals surface area contributed by atoms with E-state index in [1.165, 1.54) is 12.8 Å². The summed E-state index contributed by atoms with van der Waals surface area (Å²) in [4.78, 5) is 0. The van der Waals surface area contributed by atoms with Crippen molar-refractivity contribution in [3.8, 4) is 12.8 Å². The third kappa shape index (κ3) is 3620. The van der Waals surface area contributed by atoms with Crippen molar-refractivity contribution in [1.29, 1.82) is 0 Å². The molecule has 0 rings (SSSR count). The zero-order valence-corrected chi connectivity index (χ0v) is 10.6. The fraction of sp³-hybridized carbons (Fsp3) is 0.833. The highest BCUT2D eigenvalue weighted by atomic mass is 13.4. The minimum absolute atomic E-state index is 1.25. The molecule has 0 aromatic carbocycles. The molecule has 0 spiro atoms. The van der Waals surface area contributed by atoms with E-state index in [0.717, 1.165) is 0 Å². The van der Waals surface area contributed by atoms with E-state index in [4.69, 9.17) is 0 Å².